The fourth-order valence-electron chi connectivity index (χ4n) is 1.02. The molecule has 0 aliphatic rings. The van der Waals surface area contributed by atoms with Gasteiger partial charge in [-0.15, -0.1) is 0 Å². The minimum atomic E-state index is -2.72. The van der Waals surface area contributed by atoms with E-state index in [1.54, 1.807) is 12.1 Å². The SMILES string of the molecule is [2H]C([2H])([2H])C(=O)Nc1ccccc1C(C)=O. The van der Waals surface area contributed by atoms with E-state index in [0.717, 1.165) is 0 Å². The third-order valence-corrected chi connectivity index (χ3v) is 1.55. The Morgan fingerprint density at radius 2 is 2.08 bits per heavy atom. The Bertz CT molecular complexity index is 426. The lowest BCUT2D eigenvalue weighted by molar-refractivity contribution is -0.114. The molecule has 0 radical (unpaired) electrons. The second-order valence-electron chi connectivity index (χ2n) is 2.56. The quantitative estimate of drug-likeness (QED) is 0.706. The molecule has 0 fully saturated rings. The number of amides is 1. The van der Waals surface area contributed by atoms with Gasteiger partial charge in [-0.05, 0) is 19.1 Å². The van der Waals surface area contributed by atoms with Crippen molar-refractivity contribution < 1.29 is 13.7 Å². The molecule has 0 bridgehead atoms. The number of benzene rings is 1. The van der Waals surface area contributed by atoms with Crippen molar-refractivity contribution in [3.8, 4) is 0 Å². The summed E-state index contributed by atoms with van der Waals surface area (Å²) in [5.41, 5.74) is 0.510. The zero-order valence-electron chi connectivity index (χ0n) is 10.1. The van der Waals surface area contributed by atoms with Gasteiger partial charge in [-0.1, -0.05) is 12.1 Å². The van der Waals surface area contributed by atoms with Crippen molar-refractivity contribution in [2.24, 2.45) is 0 Å². The molecule has 1 N–H and O–H groups in total. The van der Waals surface area contributed by atoms with Gasteiger partial charge in [0.25, 0.3) is 0 Å². The van der Waals surface area contributed by atoms with E-state index < -0.39 is 12.8 Å². The smallest absolute Gasteiger partial charge is 0.221 e. The van der Waals surface area contributed by atoms with E-state index in [4.69, 9.17) is 4.11 Å². The number of ketones is 1. The number of nitrogens with one attached hydrogen (secondary N) is 1. The Hall–Kier alpha value is -1.64. The predicted molar refractivity (Wildman–Crippen MR) is 50.8 cm³/mol. The first-order valence-electron chi connectivity index (χ1n) is 5.24. The first-order valence-corrected chi connectivity index (χ1v) is 3.74. The minimum absolute atomic E-state index is 0.219. The average molecular weight is 180 g/mol. The van der Waals surface area contributed by atoms with E-state index in [9.17, 15) is 9.59 Å². The summed E-state index contributed by atoms with van der Waals surface area (Å²) in [6.07, 6.45) is 0. The second kappa shape index (κ2) is 3.85. The lowest BCUT2D eigenvalue weighted by Gasteiger charge is -2.05. The average Bonchev–Trinajstić information content (AvgIpc) is 2.16. The summed E-state index contributed by atoms with van der Waals surface area (Å²) in [4.78, 5) is 22.4. The molecular weight excluding hydrogens is 166 g/mol. The van der Waals surface area contributed by atoms with Gasteiger partial charge in [0, 0.05) is 16.5 Å². The monoisotopic (exact) mass is 180 g/mol. The van der Waals surface area contributed by atoms with Crippen LogP contribution in [0.5, 0.6) is 0 Å². The normalized spacial score (nSPS) is 13.8. The maximum absolute atomic E-state index is 11.2. The second-order valence-corrected chi connectivity index (χ2v) is 2.56. The topological polar surface area (TPSA) is 46.2 Å². The maximum Gasteiger partial charge on any atom is 0.221 e. The van der Waals surface area contributed by atoms with Crippen molar-refractivity contribution in [3.63, 3.8) is 0 Å². The minimum Gasteiger partial charge on any atom is -0.326 e. The summed E-state index contributed by atoms with van der Waals surface area (Å²) in [6.45, 7) is -1.37. The van der Waals surface area contributed by atoms with Gasteiger partial charge < -0.3 is 5.32 Å². The zero-order valence-corrected chi connectivity index (χ0v) is 7.13. The van der Waals surface area contributed by atoms with E-state index in [1.807, 2.05) is 0 Å². The van der Waals surface area contributed by atoms with Gasteiger partial charge in [0.2, 0.25) is 5.91 Å². The first-order chi connectivity index (χ1) is 7.32. The highest BCUT2D eigenvalue weighted by Crippen LogP contribution is 2.14. The van der Waals surface area contributed by atoms with Crippen molar-refractivity contribution in [1.82, 2.24) is 0 Å². The molecule has 0 spiro atoms. The first kappa shape index (κ1) is 5.91. The van der Waals surface area contributed by atoms with Crippen LogP contribution in [0.25, 0.3) is 0 Å². The molecule has 1 amide bonds. The molecule has 3 heteroatoms. The molecule has 0 saturated heterocycles. The summed E-state index contributed by atoms with van der Waals surface area (Å²) in [5.74, 6) is -1.33. The number of hydrogen-bond donors (Lipinski definition) is 1. The molecule has 0 heterocycles. The van der Waals surface area contributed by atoms with Gasteiger partial charge in [-0.3, -0.25) is 9.59 Å². The summed E-state index contributed by atoms with van der Waals surface area (Å²) in [6, 6.07) is 6.27. The highest BCUT2D eigenvalue weighted by atomic mass is 16.1. The largest absolute Gasteiger partial charge is 0.326 e. The van der Waals surface area contributed by atoms with Crippen LogP contribution in [0.2, 0.25) is 0 Å². The fraction of sp³-hybridized carbons (Fsp3) is 0.200. The summed E-state index contributed by atoms with van der Waals surface area (Å²) in [7, 11) is 0. The van der Waals surface area contributed by atoms with E-state index in [2.05, 4.69) is 5.32 Å². The third-order valence-electron chi connectivity index (χ3n) is 1.55. The number of para-hydroxylation sites is 1. The van der Waals surface area contributed by atoms with Crippen LogP contribution in [0.3, 0.4) is 0 Å². The summed E-state index contributed by atoms with van der Waals surface area (Å²) in [5, 5.41) is 2.21. The van der Waals surface area contributed by atoms with E-state index in [1.165, 1.54) is 19.1 Å². The van der Waals surface area contributed by atoms with E-state index in [-0.39, 0.29) is 11.5 Å². The molecule has 1 aromatic carbocycles. The molecule has 0 aliphatic carbocycles. The number of Topliss-reactive ketones (excluding diaryl/α,β-unsaturated/α-hetero) is 1. The highest BCUT2D eigenvalue weighted by Gasteiger charge is 2.06. The standard InChI is InChI=1S/C10H11NO2/c1-7(12)9-5-3-4-6-10(9)11-8(2)13/h3-6H,1-2H3,(H,11,13)/i2D3. The number of hydrogen-bond acceptors (Lipinski definition) is 2. The Labute approximate surface area is 81.0 Å². The van der Waals surface area contributed by atoms with E-state index >= 15 is 0 Å². The van der Waals surface area contributed by atoms with Crippen LogP contribution in [0.15, 0.2) is 24.3 Å². The molecule has 68 valence electrons. The lowest BCUT2D eigenvalue weighted by Crippen LogP contribution is -2.09. The van der Waals surface area contributed by atoms with Crippen LogP contribution in [0, 0.1) is 0 Å². The van der Waals surface area contributed by atoms with Gasteiger partial charge in [-0.2, -0.15) is 0 Å². The van der Waals surface area contributed by atoms with Gasteiger partial charge in [0.15, 0.2) is 5.78 Å². The summed E-state index contributed by atoms with van der Waals surface area (Å²) >= 11 is 0. The molecule has 1 rings (SSSR count). The molecule has 0 unspecified atom stereocenters. The number of carbonyl (C=O) groups is 2. The van der Waals surface area contributed by atoms with Crippen LogP contribution < -0.4 is 5.32 Å². The number of rotatable bonds is 2. The fourth-order valence-corrected chi connectivity index (χ4v) is 1.02. The van der Waals surface area contributed by atoms with Crippen molar-refractivity contribution in [2.75, 3.05) is 5.32 Å². The van der Waals surface area contributed by atoms with E-state index in [0.29, 0.717) is 5.56 Å². The van der Waals surface area contributed by atoms with Crippen molar-refractivity contribution in [3.05, 3.63) is 29.8 Å². The Morgan fingerprint density at radius 3 is 2.69 bits per heavy atom. The van der Waals surface area contributed by atoms with Gasteiger partial charge in [-0.25, -0.2) is 0 Å². The molecule has 3 nitrogen and oxygen atoms in total. The van der Waals surface area contributed by atoms with Crippen molar-refractivity contribution in [1.29, 1.82) is 0 Å². The van der Waals surface area contributed by atoms with Crippen LogP contribution in [0.1, 0.15) is 28.2 Å². The molecule has 1 aromatic rings. The Kier molecular flexibility index (Phi) is 1.75. The van der Waals surface area contributed by atoms with Crippen LogP contribution in [0.4, 0.5) is 5.69 Å². The molecule has 13 heavy (non-hydrogen) atoms. The zero-order chi connectivity index (χ0) is 12.3. The van der Waals surface area contributed by atoms with Gasteiger partial charge in [0.1, 0.15) is 0 Å². The number of carbonyl (C=O) groups excluding carboxylic acids is 2. The molecule has 0 saturated carbocycles. The van der Waals surface area contributed by atoms with Crippen molar-refractivity contribution >= 4 is 17.4 Å². The van der Waals surface area contributed by atoms with Crippen molar-refractivity contribution in [2.45, 2.75) is 13.8 Å². The molecule has 0 aromatic heterocycles. The maximum atomic E-state index is 11.2. The van der Waals surface area contributed by atoms with Gasteiger partial charge >= 0.3 is 0 Å². The lowest BCUT2D eigenvalue weighted by atomic mass is 10.1. The highest BCUT2D eigenvalue weighted by molar-refractivity contribution is 6.03. The summed E-state index contributed by atoms with van der Waals surface area (Å²) < 4.78 is 20.7. The van der Waals surface area contributed by atoms with Gasteiger partial charge in [0.05, 0.1) is 5.69 Å². The molecular formula is C10H11NO2. The van der Waals surface area contributed by atoms with Crippen LogP contribution >= 0.6 is 0 Å². The Morgan fingerprint density at radius 1 is 1.38 bits per heavy atom. The van der Waals surface area contributed by atoms with Crippen LogP contribution in [-0.4, -0.2) is 11.7 Å². The predicted octanol–water partition coefficient (Wildman–Crippen LogP) is 1.85. The molecule has 0 aliphatic heterocycles. The number of anilines is 1. The Balaban J connectivity index is 2.98. The third kappa shape index (κ3) is 2.40. The van der Waals surface area contributed by atoms with Crippen LogP contribution in [-0.2, 0) is 4.79 Å². The molecule has 0 atom stereocenters.